The maximum Gasteiger partial charge on any atom is 0.153 e. The number of aromatic nitrogens is 1. The number of hydrogen-bond acceptors (Lipinski definition) is 7. The molecule has 1 atom stereocenters. The zero-order valence-corrected chi connectivity index (χ0v) is 22.3. The van der Waals surface area contributed by atoms with Crippen molar-refractivity contribution in [3.63, 3.8) is 0 Å². The van der Waals surface area contributed by atoms with Crippen molar-refractivity contribution in [1.82, 2.24) is 14.8 Å². The summed E-state index contributed by atoms with van der Waals surface area (Å²) < 4.78 is 5.43. The summed E-state index contributed by atoms with van der Waals surface area (Å²) in [6.45, 7) is 9.16. The molecule has 0 bridgehead atoms. The Labute approximate surface area is 224 Å². The molecule has 1 saturated heterocycles. The van der Waals surface area contributed by atoms with Crippen LogP contribution in [0.15, 0.2) is 41.6 Å². The normalized spacial score (nSPS) is 20.6. The van der Waals surface area contributed by atoms with Crippen LogP contribution in [0.4, 0.5) is 0 Å². The number of nitrogens with two attached hydrogens (primary N) is 1. The SMILES string of the molecule is C=C1C(COC)=C(C(O)C=O)C=C2c3nc4cc5c(cc4c(CN4CCC(CCN)CC4)c3CN12)CCC5. The number of hydrogen-bond donors (Lipinski definition) is 2. The van der Waals surface area contributed by atoms with E-state index >= 15 is 0 Å². The monoisotopic (exact) mass is 514 g/mol. The van der Waals surface area contributed by atoms with Crippen molar-refractivity contribution in [3.05, 3.63) is 69.6 Å². The number of pyridine rings is 1. The van der Waals surface area contributed by atoms with E-state index in [2.05, 4.69) is 28.5 Å². The minimum atomic E-state index is -1.23. The summed E-state index contributed by atoms with van der Waals surface area (Å²) in [5, 5.41) is 11.8. The molecular formula is C31H38N4O3. The number of methoxy groups -OCH3 is 1. The summed E-state index contributed by atoms with van der Waals surface area (Å²) in [5.74, 6) is 0.731. The molecule has 0 amide bonds. The number of carbonyl (C=O) groups excluding carboxylic acids is 1. The highest BCUT2D eigenvalue weighted by atomic mass is 16.5. The molecule has 0 saturated carbocycles. The third-order valence-electron chi connectivity index (χ3n) is 8.98. The third kappa shape index (κ3) is 4.31. The third-order valence-corrected chi connectivity index (χ3v) is 8.98. The Hall–Kier alpha value is -2.84. The van der Waals surface area contributed by atoms with Crippen molar-refractivity contribution in [2.24, 2.45) is 11.7 Å². The summed E-state index contributed by atoms with van der Waals surface area (Å²) in [5.41, 5.74) is 16.2. The molecule has 7 nitrogen and oxygen atoms in total. The molecule has 3 N–H and O–H groups in total. The Bertz CT molecular complexity index is 1350. The van der Waals surface area contributed by atoms with Gasteiger partial charge in [0.25, 0.3) is 0 Å². The molecule has 1 unspecified atom stereocenters. The van der Waals surface area contributed by atoms with E-state index in [0.717, 1.165) is 79.5 Å². The molecule has 4 heterocycles. The van der Waals surface area contributed by atoms with Gasteiger partial charge in [-0.1, -0.05) is 6.58 Å². The van der Waals surface area contributed by atoms with Gasteiger partial charge in [-0.3, -0.25) is 4.90 Å². The molecule has 38 heavy (non-hydrogen) atoms. The fourth-order valence-corrected chi connectivity index (χ4v) is 6.86. The van der Waals surface area contributed by atoms with Gasteiger partial charge in [0.2, 0.25) is 0 Å². The predicted molar refractivity (Wildman–Crippen MR) is 149 cm³/mol. The fourth-order valence-electron chi connectivity index (χ4n) is 6.86. The van der Waals surface area contributed by atoms with Crippen LogP contribution in [0.5, 0.6) is 0 Å². The van der Waals surface area contributed by atoms with Crippen molar-refractivity contribution in [2.75, 3.05) is 33.4 Å². The number of benzene rings is 1. The summed E-state index contributed by atoms with van der Waals surface area (Å²) in [6.07, 6.45) is 8.22. The Balaban J connectivity index is 1.46. The van der Waals surface area contributed by atoms with Crippen LogP contribution in [-0.4, -0.2) is 65.6 Å². The number of rotatable bonds is 8. The Morgan fingerprint density at radius 2 is 2.03 bits per heavy atom. The number of ether oxygens (including phenoxy) is 1. The van der Waals surface area contributed by atoms with Gasteiger partial charge in [0.1, 0.15) is 6.10 Å². The lowest BCUT2D eigenvalue weighted by Gasteiger charge is -2.32. The number of likely N-dealkylation sites (tertiary alicyclic amines) is 1. The first-order valence-corrected chi connectivity index (χ1v) is 14.0. The largest absolute Gasteiger partial charge is 0.381 e. The zero-order chi connectivity index (χ0) is 26.4. The summed E-state index contributed by atoms with van der Waals surface area (Å²) >= 11 is 0. The van der Waals surface area contributed by atoms with Crippen molar-refractivity contribution in [1.29, 1.82) is 0 Å². The van der Waals surface area contributed by atoms with Crippen molar-refractivity contribution >= 4 is 22.9 Å². The molecule has 4 aliphatic rings. The van der Waals surface area contributed by atoms with E-state index in [0.29, 0.717) is 18.4 Å². The van der Waals surface area contributed by atoms with E-state index in [1.807, 2.05) is 6.08 Å². The average molecular weight is 515 g/mol. The number of piperidine rings is 1. The summed E-state index contributed by atoms with van der Waals surface area (Å²) in [7, 11) is 1.62. The van der Waals surface area contributed by atoms with E-state index in [-0.39, 0.29) is 6.61 Å². The van der Waals surface area contributed by atoms with Gasteiger partial charge in [0.15, 0.2) is 6.29 Å². The van der Waals surface area contributed by atoms with Crippen LogP contribution >= 0.6 is 0 Å². The molecule has 0 spiro atoms. The van der Waals surface area contributed by atoms with Gasteiger partial charge in [-0.25, -0.2) is 4.98 Å². The minimum Gasteiger partial charge on any atom is -0.381 e. The second-order valence-electron chi connectivity index (χ2n) is 11.2. The smallest absolute Gasteiger partial charge is 0.153 e. The number of nitrogens with zero attached hydrogens (tertiary/aromatic N) is 3. The fraction of sp³-hybridized carbons (Fsp3) is 0.484. The predicted octanol–water partition coefficient (Wildman–Crippen LogP) is 3.47. The lowest BCUT2D eigenvalue weighted by molar-refractivity contribution is -0.113. The first-order chi connectivity index (χ1) is 18.5. The number of fused-ring (bicyclic) bond motifs is 5. The van der Waals surface area contributed by atoms with Crippen molar-refractivity contribution < 1.29 is 14.6 Å². The molecular weight excluding hydrogens is 476 g/mol. The number of aldehydes is 1. The molecule has 0 radical (unpaired) electrons. The Kier molecular flexibility index (Phi) is 6.95. The van der Waals surface area contributed by atoms with Crippen LogP contribution in [0.1, 0.15) is 53.6 Å². The highest BCUT2D eigenvalue weighted by molar-refractivity contribution is 5.90. The van der Waals surface area contributed by atoms with Crippen molar-refractivity contribution in [2.45, 2.75) is 57.7 Å². The van der Waals surface area contributed by atoms with Crippen LogP contribution in [0.25, 0.3) is 16.6 Å². The van der Waals surface area contributed by atoms with Gasteiger partial charge in [-0.2, -0.15) is 0 Å². The lowest BCUT2D eigenvalue weighted by atomic mass is 9.92. The highest BCUT2D eigenvalue weighted by Crippen LogP contribution is 2.45. The highest BCUT2D eigenvalue weighted by Gasteiger charge is 2.37. The maximum absolute atomic E-state index is 11.6. The van der Waals surface area contributed by atoms with Gasteiger partial charge in [-0.15, -0.1) is 0 Å². The van der Waals surface area contributed by atoms with Gasteiger partial charge < -0.3 is 25.3 Å². The molecule has 1 aromatic carbocycles. The molecule has 7 heteroatoms. The standard InChI is InChI=1S/C31H38N4O3/c1-19-27(18-38-2)24(30(37)17-36)14-29-31-26(16-35(19)29)25(15-34-10-7-20(6-9-32)8-11-34)23-12-21-4-3-5-22(21)13-28(23)33-31/h12-14,17,20,30,37H,1,3-11,15-16,18,32H2,2H3. The van der Waals surface area contributed by atoms with Crippen molar-refractivity contribution in [3.8, 4) is 0 Å². The second kappa shape index (κ2) is 10.4. The maximum atomic E-state index is 11.6. The topological polar surface area (TPSA) is 91.9 Å². The number of aliphatic hydroxyl groups excluding tert-OH is 1. The molecule has 6 rings (SSSR count). The molecule has 1 aliphatic carbocycles. The number of aryl methyl sites for hydroxylation is 2. The van der Waals surface area contributed by atoms with Crippen LogP contribution in [0.2, 0.25) is 0 Å². The number of aliphatic hydroxyl groups is 1. The van der Waals surface area contributed by atoms with Gasteiger partial charge in [0.05, 0.1) is 30.1 Å². The average Bonchev–Trinajstić information content (AvgIpc) is 3.54. The Morgan fingerprint density at radius 1 is 1.26 bits per heavy atom. The van der Waals surface area contributed by atoms with Crippen LogP contribution in [0, 0.1) is 5.92 Å². The van der Waals surface area contributed by atoms with Gasteiger partial charge in [0, 0.05) is 35.9 Å². The Morgan fingerprint density at radius 3 is 2.74 bits per heavy atom. The molecule has 200 valence electrons. The quantitative estimate of drug-likeness (QED) is 0.521. The molecule has 1 aromatic heterocycles. The molecule has 2 aromatic rings. The number of carbonyl (C=O) groups is 1. The lowest BCUT2D eigenvalue weighted by Crippen LogP contribution is -2.34. The minimum absolute atomic E-state index is 0.280. The van der Waals surface area contributed by atoms with E-state index in [4.69, 9.17) is 15.5 Å². The second-order valence-corrected chi connectivity index (χ2v) is 11.2. The molecule has 3 aliphatic heterocycles. The van der Waals surface area contributed by atoms with Gasteiger partial charge >= 0.3 is 0 Å². The van der Waals surface area contributed by atoms with Crippen LogP contribution < -0.4 is 5.73 Å². The van der Waals surface area contributed by atoms with Crippen LogP contribution in [0.3, 0.4) is 0 Å². The van der Waals surface area contributed by atoms with E-state index < -0.39 is 6.10 Å². The van der Waals surface area contributed by atoms with Gasteiger partial charge in [-0.05, 0) is 105 Å². The van der Waals surface area contributed by atoms with E-state index in [9.17, 15) is 9.90 Å². The van der Waals surface area contributed by atoms with E-state index in [1.165, 1.54) is 46.9 Å². The first-order valence-electron chi connectivity index (χ1n) is 14.0. The first kappa shape index (κ1) is 25.4. The van der Waals surface area contributed by atoms with E-state index in [1.54, 1.807) is 7.11 Å². The van der Waals surface area contributed by atoms with Crippen LogP contribution in [-0.2, 0) is 35.5 Å². The molecule has 1 fully saturated rings. The summed E-state index contributed by atoms with van der Waals surface area (Å²) in [6, 6.07) is 4.70. The summed E-state index contributed by atoms with van der Waals surface area (Å²) in [4.78, 5) is 21.6. The zero-order valence-electron chi connectivity index (χ0n) is 22.3.